The average molecular weight is 323 g/mol. The number of hydrogen-bond donors (Lipinski definition) is 2. The number of phenols is 2. The normalized spacial score (nSPS) is 14.7. The molecule has 3 aromatic rings. The van der Waals surface area contributed by atoms with Gasteiger partial charge in [0.25, 0.3) is 0 Å². The molecule has 0 saturated carbocycles. The fraction of sp³-hybridized carbons (Fsp3) is 0.211. The minimum atomic E-state index is -0.458. The number of aromatic hydroxyl groups is 2. The molecule has 0 saturated heterocycles. The van der Waals surface area contributed by atoms with Gasteiger partial charge in [-0.3, -0.25) is 4.90 Å². The predicted molar refractivity (Wildman–Crippen MR) is 90.1 cm³/mol. The van der Waals surface area contributed by atoms with Gasteiger partial charge in [-0.15, -0.1) is 0 Å². The molecule has 0 atom stereocenters. The molecule has 0 aliphatic carbocycles. The molecule has 5 nitrogen and oxygen atoms in total. The molecule has 0 bridgehead atoms. The number of hydrogen-bond acceptors (Lipinski definition) is 5. The first kappa shape index (κ1) is 14.8. The van der Waals surface area contributed by atoms with E-state index in [1.807, 2.05) is 6.07 Å². The molecule has 122 valence electrons. The van der Waals surface area contributed by atoms with Crippen molar-refractivity contribution in [1.29, 1.82) is 0 Å². The molecule has 1 aromatic heterocycles. The highest BCUT2D eigenvalue weighted by Gasteiger charge is 2.18. The van der Waals surface area contributed by atoms with Crippen LogP contribution in [0.1, 0.15) is 16.7 Å². The van der Waals surface area contributed by atoms with Crippen molar-refractivity contribution in [2.75, 3.05) is 6.54 Å². The molecule has 2 heterocycles. The molecule has 1 aliphatic rings. The molecule has 0 spiro atoms. The van der Waals surface area contributed by atoms with Gasteiger partial charge in [-0.05, 0) is 29.2 Å². The van der Waals surface area contributed by atoms with Crippen molar-refractivity contribution in [3.8, 4) is 11.5 Å². The van der Waals surface area contributed by atoms with Gasteiger partial charge in [-0.2, -0.15) is 0 Å². The first-order valence-corrected chi connectivity index (χ1v) is 7.88. The Balaban J connectivity index is 1.70. The second-order valence-electron chi connectivity index (χ2n) is 6.16. The first-order valence-electron chi connectivity index (χ1n) is 7.88. The Labute approximate surface area is 138 Å². The van der Waals surface area contributed by atoms with Gasteiger partial charge < -0.3 is 14.6 Å². The second-order valence-corrected chi connectivity index (χ2v) is 6.16. The highest BCUT2D eigenvalue weighted by atomic mass is 16.4. The lowest BCUT2D eigenvalue weighted by atomic mass is 9.99. The molecule has 5 heteroatoms. The van der Waals surface area contributed by atoms with Crippen molar-refractivity contribution in [2.45, 2.75) is 19.5 Å². The summed E-state index contributed by atoms with van der Waals surface area (Å²) in [5.74, 6) is -0.517. The van der Waals surface area contributed by atoms with Crippen LogP contribution in [-0.4, -0.2) is 21.7 Å². The van der Waals surface area contributed by atoms with E-state index in [0.29, 0.717) is 11.9 Å². The zero-order chi connectivity index (χ0) is 16.7. The first-order chi connectivity index (χ1) is 11.6. The van der Waals surface area contributed by atoms with Gasteiger partial charge in [0, 0.05) is 37.2 Å². The molecule has 1 aliphatic heterocycles. The van der Waals surface area contributed by atoms with E-state index in [-0.39, 0.29) is 17.1 Å². The molecule has 0 amide bonds. The molecule has 0 unspecified atom stereocenters. The van der Waals surface area contributed by atoms with Crippen molar-refractivity contribution < 1.29 is 14.6 Å². The van der Waals surface area contributed by atoms with Crippen molar-refractivity contribution in [1.82, 2.24) is 4.90 Å². The van der Waals surface area contributed by atoms with Crippen LogP contribution in [0.3, 0.4) is 0 Å². The molecule has 24 heavy (non-hydrogen) atoms. The van der Waals surface area contributed by atoms with Crippen LogP contribution in [0.5, 0.6) is 11.5 Å². The maximum absolute atomic E-state index is 11.8. The maximum Gasteiger partial charge on any atom is 0.336 e. The fourth-order valence-corrected chi connectivity index (χ4v) is 3.31. The Kier molecular flexibility index (Phi) is 3.50. The van der Waals surface area contributed by atoms with Crippen LogP contribution in [0.4, 0.5) is 0 Å². The average Bonchev–Trinajstić information content (AvgIpc) is 2.56. The highest BCUT2D eigenvalue weighted by Crippen LogP contribution is 2.32. The quantitative estimate of drug-likeness (QED) is 0.560. The van der Waals surface area contributed by atoms with Crippen LogP contribution in [0.15, 0.2) is 51.7 Å². The Bertz CT molecular complexity index is 977. The summed E-state index contributed by atoms with van der Waals surface area (Å²) < 4.78 is 5.14. The summed E-state index contributed by atoms with van der Waals surface area (Å²) in [5.41, 5.74) is 3.28. The van der Waals surface area contributed by atoms with Gasteiger partial charge in [-0.1, -0.05) is 24.3 Å². The lowest BCUT2D eigenvalue weighted by Gasteiger charge is -2.28. The van der Waals surface area contributed by atoms with Crippen molar-refractivity contribution >= 4 is 11.0 Å². The van der Waals surface area contributed by atoms with E-state index < -0.39 is 5.63 Å². The van der Waals surface area contributed by atoms with E-state index in [1.165, 1.54) is 29.3 Å². The predicted octanol–water partition coefficient (Wildman–Crippen LogP) is 2.76. The number of fused-ring (bicyclic) bond motifs is 2. The summed E-state index contributed by atoms with van der Waals surface area (Å²) in [6.07, 6.45) is 0.974. The zero-order valence-corrected chi connectivity index (χ0v) is 13.0. The molecular formula is C19H17NO4. The van der Waals surface area contributed by atoms with Gasteiger partial charge in [0.05, 0.1) is 0 Å². The molecular weight excluding hydrogens is 306 g/mol. The van der Waals surface area contributed by atoms with E-state index in [2.05, 4.69) is 23.1 Å². The van der Waals surface area contributed by atoms with Crippen molar-refractivity contribution in [2.24, 2.45) is 0 Å². The monoisotopic (exact) mass is 323 g/mol. The second kappa shape index (κ2) is 5.69. The third kappa shape index (κ3) is 2.63. The summed E-state index contributed by atoms with van der Waals surface area (Å²) in [7, 11) is 0. The molecule has 2 N–H and O–H groups in total. The number of benzene rings is 2. The third-order valence-corrected chi connectivity index (χ3v) is 4.53. The minimum absolute atomic E-state index is 0.221. The van der Waals surface area contributed by atoms with E-state index in [4.69, 9.17) is 4.42 Å². The lowest BCUT2D eigenvalue weighted by molar-refractivity contribution is 0.246. The van der Waals surface area contributed by atoms with Crippen LogP contribution >= 0.6 is 0 Å². The van der Waals surface area contributed by atoms with Crippen LogP contribution in [0.25, 0.3) is 11.0 Å². The molecule has 0 radical (unpaired) electrons. The summed E-state index contributed by atoms with van der Waals surface area (Å²) in [6, 6.07) is 12.6. The van der Waals surface area contributed by atoms with Crippen molar-refractivity contribution in [3.05, 3.63) is 69.6 Å². The lowest BCUT2D eigenvalue weighted by Crippen LogP contribution is -2.30. The Hall–Kier alpha value is -2.79. The standard InChI is InChI=1S/C19H17NO4/c21-16-8-15-14(7-19(23)24-18(15)9-17(16)22)11-20-6-5-12-3-1-2-4-13(12)10-20/h1-4,7-9,21-22H,5-6,10-11H2. The number of nitrogens with zero attached hydrogens (tertiary/aromatic N) is 1. The van der Waals surface area contributed by atoms with Gasteiger partial charge in [-0.25, -0.2) is 4.79 Å². The zero-order valence-electron chi connectivity index (χ0n) is 13.0. The topological polar surface area (TPSA) is 73.9 Å². The summed E-state index contributed by atoms with van der Waals surface area (Å²) >= 11 is 0. The number of phenolic OH excluding ortho intramolecular Hbond substituents is 2. The van der Waals surface area contributed by atoms with E-state index >= 15 is 0 Å². The van der Waals surface area contributed by atoms with E-state index in [0.717, 1.165) is 25.1 Å². The number of rotatable bonds is 2. The summed E-state index contributed by atoms with van der Waals surface area (Å²) in [4.78, 5) is 14.1. The van der Waals surface area contributed by atoms with Gasteiger partial charge in [0.15, 0.2) is 11.5 Å². The SMILES string of the molecule is O=c1cc(CN2CCc3ccccc3C2)c2cc(O)c(O)cc2o1. The van der Waals surface area contributed by atoms with E-state index in [9.17, 15) is 15.0 Å². The Morgan fingerprint density at radius 2 is 1.79 bits per heavy atom. The fourth-order valence-electron chi connectivity index (χ4n) is 3.31. The smallest absolute Gasteiger partial charge is 0.336 e. The summed E-state index contributed by atoms with van der Waals surface area (Å²) in [6.45, 7) is 2.31. The minimum Gasteiger partial charge on any atom is -0.504 e. The molecule has 2 aromatic carbocycles. The molecule has 0 fully saturated rings. The van der Waals surface area contributed by atoms with Crippen LogP contribution in [0, 0.1) is 0 Å². The largest absolute Gasteiger partial charge is 0.504 e. The van der Waals surface area contributed by atoms with E-state index in [1.54, 1.807) is 0 Å². The summed E-state index contributed by atoms with van der Waals surface area (Å²) in [5, 5.41) is 20.0. The van der Waals surface area contributed by atoms with Crippen LogP contribution in [-0.2, 0) is 19.5 Å². The Morgan fingerprint density at radius 3 is 2.62 bits per heavy atom. The van der Waals surface area contributed by atoms with Crippen molar-refractivity contribution in [3.63, 3.8) is 0 Å². The third-order valence-electron chi connectivity index (χ3n) is 4.53. The van der Waals surface area contributed by atoms with Crippen LogP contribution < -0.4 is 5.63 Å². The van der Waals surface area contributed by atoms with Crippen LogP contribution in [0.2, 0.25) is 0 Å². The maximum atomic E-state index is 11.8. The van der Waals surface area contributed by atoms with Gasteiger partial charge in [0.1, 0.15) is 5.58 Å². The van der Waals surface area contributed by atoms with Gasteiger partial charge in [0.2, 0.25) is 0 Å². The molecule has 4 rings (SSSR count). The Morgan fingerprint density at radius 1 is 1.04 bits per heavy atom. The highest BCUT2D eigenvalue weighted by molar-refractivity contribution is 5.83. The van der Waals surface area contributed by atoms with Gasteiger partial charge >= 0.3 is 5.63 Å².